The van der Waals surface area contributed by atoms with Crippen molar-refractivity contribution in [2.24, 2.45) is 0 Å². The van der Waals surface area contributed by atoms with Crippen molar-refractivity contribution in [3.63, 3.8) is 0 Å². The molecule has 0 aromatic heterocycles. The average molecular weight is 263 g/mol. The van der Waals surface area contributed by atoms with Gasteiger partial charge in [-0.2, -0.15) is 0 Å². The summed E-state index contributed by atoms with van der Waals surface area (Å²) < 4.78 is 16.4. The van der Waals surface area contributed by atoms with Crippen molar-refractivity contribution >= 4 is 24.0 Å². The molecule has 0 spiro atoms. The molecular formula is C13H10FNO2S. The molecule has 1 amide bonds. The fraction of sp³-hybridized carbons (Fsp3) is 0. The second-order valence-corrected chi connectivity index (χ2v) is 3.78. The van der Waals surface area contributed by atoms with Crippen LogP contribution in [0, 0.1) is 0 Å². The monoisotopic (exact) mass is 263 g/mol. The molecule has 0 radical (unpaired) electrons. The Balaban J connectivity index is 2.05. The summed E-state index contributed by atoms with van der Waals surface area (Å²) in [5.74, 6) is 0.138. The second kappa shape index (κ2) is 6.07. The van der Waals surface area contributed by atoms with E-state index in [-0.39, 0.29) is 18.3 Å². The van der Waals surface area contributed by atoms with Crippen LogP contribution in [-0.4, -0.2) is 5.91 Å². The Labute approximate surface area is 108 Å². The van der Waals surface area contributed by atoms with Crippen molar-refractivity contribution < 1.29 is 12.9 Å². The van der Waals surface area contributed by atoms with Crippen molar-refractivity contribution in [3.05, 3.63) is 60.2 Å². The van der Waals surface area contributed by atoms with E-state index >= 15 is 0 Å². The molecule has 2 rings (SSSR count). The Kier molecular flexibility index (Phi) is 4.20. The summed E-state index contributed by atoms with van der Waals surface area (Å²) in [5.41, 5.74) is 1.21. The molecule has 0 unspecified atom stereocenters. The summed E-state index contributed by atoms with van der Waals surface area (Å²) in [7, 11) is 0. The quantitative estimate of drug-likeness (QED) is 0.851. The van der Waals surface area contributed by atoms with E-state index in [1.54, 1.807) is 24.3 Å². The van der Waals surface area contributed by atoms with Crippen molar-refractivity contribution in [1.29, 1.82) is 0 Å². The van der Waals surface area contributed by atoms with Gasteiger partial charge in [0.25, 0.3) is 18.3 Å². The Morgan fingerprint density at radius 1 is 1.06 bits per heavy atom. The van der Waals surface area contributed by atoms with Crippen LogP contribution < -0.4 is 9.50 Å². The van der Waals surface area contributed by atoms with Crippen LogP contribution in [0.5, 0.6) is 5.75 Å². The van der Waals surface area contributed by atoms with Crippen LogP contribution in [0.3, 0.4) is 0 Å². The van der Waals surface area contributed by atoms with Gasteiger partial charge in [-0.25, -0.2) is 0 Å². The topological polar surface area (TPSA) is 38.3 Å². The number of nitrogens with one attached hydrogen (secondary N) is 1. The maximum Gasteiger partial charge on any atom is 0.272 e. The SMILES string of the molecule is O=C(Nc1ccccc1)c1ccc(OSF)cc1. The molecule has 0 fully saturated rings. The van der Waals surface area contributed by atoms with E-state index in [1.165, 1.54) is 12.1 Å². The third-order valence-corrected chi connectivity index (χ3v) is 2.53. The molecule has 0 atom stereocenters. The number of para-hydroxylation sites is 1. The van der Waals surface area contributed by atoms with Gasteiger partial charge < -0.3 is 9.50 Å². The molecule has 2 aromatic carbocycles. The average Bonchev–Trinajstić information content (AvgIpc) is 2.41. The number of hydrogen-bond donors (Lipinski definition) is 1. The predicted molar refractivity (Wildman–Crippen MR) is 70.2 cm³/mol. The van der Waals surface area contributed by atoms with Crippen LogP contribution in [0.2, 0.25) is 0 Å². The van der Waals surface area contributed by atoms with Gasteiger partial charge >= 0.3 is 0 Å². The highest BCUT2D eigenvalue weighted by Crippen LogP contribution is 2.18. The Bertz CT molecular complexity index is 516. The predicted octanol–water partition coefficient (Wildman–Crippen LogP) is 3.85. The van der Waals surface area contributed by atoms with Gasteiger partial charge in [-0.3, -0.25) is 4.79 Å². The molecule has 0 aliphatic rings. The van der Waals surface area contributed by atoms with Gasteiger partial charge in [0.15, 0.2) is 0 Å². The minimum atomic E-state index is -0.229. The Morgan fingerprint density at radius 2 is 1.72 bits per heavy atom. The highest BCUT2D eigenvalue weighted by atomic mass is 32.2. The van der Waals surface area contributed by atoms with Gasteiger partial charge in [0, 0.05) is 11.3 Å². The van der Waals surface area contributed by atoms with Gasteiger partial charge in [-0.15, -0.1) is 3.89 Å². The molecule has 0 saturated carbocycles. The number of benzene rings is 2. The molecule has 1 N–H and O–H groups in total. The van der Waals surface area contributed by atoms with E-state index in [0.717, 1.165) is 5.69 Å². The lowest BCUT2D eigenvalue weighted by Gasteiger charge is -2.05. The zero-order valence-electron chi connectivity index (χ0n) is 9.30. The van der Waals surface area contributed by atoms with Crippen LogP contribution in [0.4, 0.5) is 9.57 Å². The zero-order valence-corrected chi connectivity index (χ0v) is 10.1. The standard InChI is InChI=1S/C13H10FNO2S/c14-18-17-12-8-6-10(7-9-12)13(16)15-11-4-2-1-3-5-11/h1-9H,(H,15,16). The summed E-state index contributed by atoms with van der Waals surface area (Å²) in [6.45, 7) is 0. The minimum absolute atomic E-state index is 0.222. The molecule has 92 valence electrons. The number of amides is 1. The van der Waals surface area contributed by atoms with Crippen molar-refractivity contribution in [2.45, 2.75) is 0 Å². The molecule has 2 aromatic rings. The largest absolute Gasteiger partial charge is 0.397 e. The first-order valence-electron chi connectivity index (χ1n) is 5.21. The van der Waals surface area contributed by atoms with Gasteiger partial charge in [0.1, 0.15) is 5.75 Å². The van der Waals surface area contributed by atoms with E-state index in [9.17, 15) is 8.68 Å². The summed E-state index contributed by atoms with van der Waals surface area (Å²) >= 11 is -0.229. The molecule has 0 aliphatic carbocycles. The Morgan fingerprint density at radius 3 is 2.33 bits per heavy atom. The molecule has 3 nitrogen and oxygen atoms in total. The van der Waals surface area contributed by atoms with Gasteiger partial charge in [0.05, 0.1) is 0 Å². The number of hydrogen-bond acceptors (Lipinski definition) is 3. The second-order valence-electron chi connectivity index (χ2n) is 3.49. The number of halogens is 1. The lowest BCUT2D eigenvalue weighted by Crippen LogP contribution is -2.11. The maximum absolute atomic E-state index is 11.9. The van der Waals surface area contributed by atoms with Gasteiger partial charge in [-0.05, 0) is 36.4 Å². The highest BCUT2D eigenvalue weighted by molar-refractivity contribution is 7.89. The third-order valence-electron chi connectivity index (χ3n) is 2.28. The van der Waals surface area contributed by atoms with Crippen LogP contribution in [0.15, 0.2) is 54.6 Å². The van der Waals surface area contributed by atoms with Crippen LogP contribution in [0.25, 0.3) is 0 Å². The molecule has 5 heteroatoms. The van der Waals surface area contributed by atoms with E-state index in [2.05, 4.69) is 9.50 Å². The number of anilines is 1. The normalized spacial score (nSPS) is 9.83. The number of carbonyl (C=O) groups excluding carboxylic acids is 1. The van der Waals surface area contributed by atoms with Crippen LogP contribution in [-0.2, 0) is 0 Å². The summed E-state index contributed by atoms with van der Waals surface area (Å²) in [6.07, 6.45) is 0. The maximum atomic E-state index is 11.9. The van der Waals surface area contributed by atoms with Crippen molar-refractivity contribution in [3.8, 4) is 5.75 Å². The van der Waals surface area contributed by atoms with Crippen LogP contribution >= 0.6 is 12.4 Å². The summed E-state index contributed by atoms with van der Waals surface area (Å²) in [6, 6.07) is 15.4. The zero-order chi connectivity index (χ0) is 12.8. The summed E-state index contributed by atoms with van der Waals surface area (Å²) in [5, 5.41) is 2.75. The van der Waals surface area contributed by atoms with Gasteiger partial charge in [-0.1, -0.05) is 18.2 Å². The lowest BCUT2D eigenvalue weighted by molar-refractivity contribution is 0.102. The highest BCUT2D eigenvalue weighted by Gasteiger charge is 2.06. The Hall–Kier alpha value is -2.01. The fourth-order valence-corrected chi connectivity index (χ4v) is 1.61. The molecule has 0 saturated heterocycles. The molecule has 0 heterocycles. The first-order chi connectivity index (χ1) is 8.79. The first kappa shape index (κ1) is 12.4. The fourth-order valence-electron chi connectivity index (χ4n) is 1.42. The third kappa shape index (κ3) is 3.24. The first-order valence-corrected chi connectivity index (χ1v) is 5.85. The van der Waals surface area contributed by atoms with Gasteiger partial charge in [0.2, 0.25) is 0 Å². The lowest BCUT2D eigenvalue weighted by atomic mass is 10.2. The number of carbonyl (C=O) groups is 1. The molecule has 0 bridgehead atoms. The van der Waals surface area contributed by atoms with E-state index in [0.29, 0.717) is 11.3 Å². The smallest absolute Gasteiger partial charge is 0.272 e. The van der Waals surface area contributed by atoms with E-state index in [4.69, 9.17) is 0 Å². The van der Waals surface area contributed by atoms with Crippen LogP contribution in [0.1, 0.15) is 10.4 Å². The van der Waals surface area contributed by atoms with Crippen molar-refractivity contribution in [2.75, 3.05) is 5.32 Å². The van der Waals surface area contributed by atoms with Crippen molar-refractivity contribution in [1.82, 2.24) is 0 Å². The summed E-state index contributed by atoms with van der Waals surface area (Å²) in [4.78, 5) is 11.9. The number of rotatable bonds is 4. The molecule has 0 aliphatic heterocycles. The molecule has 18 heavy (non-hydrogen) atoms. The van der Waals surface area contributed by atoms with E-state index in [1.807, 2.05) is 18.2 Å². The minimum Gasteiger partial charge on any atom is -0.397 e. The van der Waals surface area contributed by atoms with E-state index < -0.39 is 0 Å². The molecular weight excluding hydrogens is 253 g/mol.